The van der Waals surface area contributed by atoms with Crippen LogP contribution in [0.4, 0.5) is 0 Å². The number of nitrogens with zero attached hydrogens (tertiary/aromatic N) is 2. The summed E-state index contributed by atoms with van der Waals surface area (Å²) in [6.45, 7) is 1.49. The van der Waals surface area contributed by atoms with Gasteiger partial charge in [-0.25, -0.2) is 4.98 Å². The molecule has 1 aromatic heterocycles. The molecule has 2 heterocycles. The van der Waals surface area contributed by atoms with Crippen LogP contribution in [-0.2, 0) is 18.2 Å². The minimum atomic E-state index is -0.00885. The Balaban J connectivity index is 1.29. The number of para-hydroxylation sites is 2. The molecule has 1 amide bonds. The van der Waals surface area contributed by atoms with Gasteiger partial charge in [0.1, 0.15) is 5.82 Å². The smallest absolute Gasteiger partial charge is 0.252 e. The summed E-state index contributed by atoms with van der Waals surface area (Å²) in [5.74, 6) is 1.94. The van der Waals surface area contributed by atoms with Gasteiger partial charge in [0, 0.05) is 37.3 Å². The maximum Gasteiger partial charge on any atom is 0.252 e. The molecule has 1 aliphatic rings. The summed E-state index contributed by atoms with van der Waals surface area (Å²) in [6.07, 6.45) is 4.25. The third kappa shape index (κ3) is 4.82. The van der Waals surface area contributed by atoms with Gasteiger partial charge in [-0.2, -0.15) is 0 Å². The number of benzene rings is 2. The standard InChI is InChI=1S/C23H27N3O2S/c1-26-20-11-4-3-10-19(20)25-22(26)13-6-14-24-23(27)18-9-2-5-12-21(18)29-16-17-8-7-15-28-17/h2-5,9-12,17H,6-8,13-16H2,1H3,(H,24,27). The zero-order valence-electron chi connectivity index (χ0n) is 16.8. The van der Waals surface area contributed by atoms with E-state index >= 15 is 0 Å². The van der Waals surface area contributed by atoms with E-state index in [-0.39, 0.29) is 5.91 Å². The Labute approximate surface area is 175 Å². The van der Waals surface area contributed by atoms with Gasteiger partial charge >= 0.3 is 0 Å². The van der Waals surface area contributed by atoms with Crippen LogP contribution in [0.25, 0.3) is 11.0 Å². The Kier molecular flexibility index (Phi) is 6.52. The van der Waals surface area contributed by atoms with E-state index in [1.807, 2.05) is 49.5 Å². The molecule has 1 unspecified atom stereocenters. The van der Waals surface area contributed by atoms with E-state index in [1.165, 1.54) is 0 Å². The molecule has 1 saturated heterocycles. The number of thioether (sulfide) groups is 1. The van der Waals surface area contributed by atoms with Gasteiger partial charge in [-0.3, -0.25) is 4.79 Å². The van der Waals surface area contributed by atoms with Gasteiger partial charge in [0.2, 0.25) is 0 Å². The molecule has 0 bridgehead atoms. The normalized spacial score (nSPS) is 16.4. The molecule has 0 spiro atoms. The second-order valence-electron chi connectivity index (χ2n) is 7.38. The first kappa shape index (κ1) is 20.0. The predicted octanol–water partition coefficient (Wildman–Crippen LogP) is 4.21. The lowest BCUT2D eigenvalue weighted by molar-refractivity contribution is 0.0950. The van der Waals surface area contributed by atoms with Crippen LogP contribution in [0.1, 0.15) is 35.4 Å². The summed E-state index contributed by atoms with van der Waals surface area (Å²) < 4.78 is 7.83. The van der Waals surface area contributed by atoms with Crippen molar-refractivity contribution in [1.29, 1.82) is 0 Å². The van der Waals surface area contributed by atoms with Crippen molar-refractivity contribution < 1.29 is 9.53 Å². The maximum atomic E-state index is 12.7. The van der Waals surface area contributed by atoms with Crippen molar-refractivity contribution in [2.45, 2.75) is 36.7 Å². The third-order valence-corrected chi connectivity index (χ3v) is 6.53. The molecule has 0 aliphatic carbocycles. The van der Waals surface area contributed by atoms with Gasteiger partial charge in [-0.15, -0.1) is 11.8 Å². The van der Waals surface area contributed by atoms with Crippen LogP contribution in [0.3, 0.4) is 0 Å². The van der Waals surface area contributed by atoms with Crippen molar-refractivity contribution in [1.82, 2.24) is 14.9 Å². The van der Waals surface area contributed by atoms with E-state index in [2.05, 4.69) is 16.0 Å². The van der Waals surface area contributed by atoms with Crippen LogP contribution in [0.2, 0.25) is 0 Å². The van der Waals surface area contributed by atoms with E-state index in [1.54, 1.807) is 11.8 Å². The number of hydrogen-bond donors (Lipinski definition) is 1. The van der Waals surface area contributed by atoms with Crippen molar-refractivity contribution in [3.05, 3.63) is 59.9 Å². The number of rotatable bonds is 8. The summed E-state index contributed by atoms with van der Waals surface area (Å²) in [7, 11) is 2.05. The highest BCUT2D eigenvalue weighted by atomic mass is 32.2. The minimum absolute atomic E-state index is 0.00885. The number of carbonyl (C=O) groups excluding carboxylic acids is 1. The Bertz CT molecular complexity index is 979. The van der Waals surface area contributed by atoms with Gasteiger partial charge in [0.15, 0.2) is 0 Å². The molecule has 5 nitrogen and oxygen atoms in total. The molecular formula is C23H27N3O2S. The number of amides is 1. The van der Waals surface area contributed by atoms with E-state index in [9.17, 15) is 4.79 Å². The van der Waals surface area contributed by atoms with Crippen LogP contribution >= 0.6 is 11.8 Å². The number of ether oxygens (including phenoxy) is 1. The van der Waals surface area contributed by atoms with E-state index in [0.717, 1.165) is 65.4 Å². The number of fused-ring (bicyclic) bond motifs is 1. The highest BCUT2D eigenvalue weighted by molar-refractivity contribution is 7.99. The first-order valence-corrected chi connectivity index (χ1v) is 11.2. The Hall–Kier alpha value is -2.31. The minimum Gasteiger partial charge on any atom is -0.377 e. The molecule has 1 fully saturated rings. The van der Waals surface area contributed by atoms with E-state index in [0.29, 0.717) is 12.6 Å². The number of aromatic nitrogens is 2. The fourth-order valence-electron chi connectivity index (χ4n) is 3.70. The number of nitrogens with one attached hydrogen (secondary N) is 1. The topological polar surface area (TPSA) is 56.2 Å². The lowest BCUT2D eigenvalue weighted by atomic mass is 10.2. The number of aryl methyl sites for hydroxylation is 2. The summed E-state index contributed by atoms with van der Waals surface area (Å²) in [6, 6.07) is 16.0. The van der Waals surface area contributed by atoms with Gasteiger partial charge in [0.25, 0.3) is 5.91 Å². The van der Waals surface area contributed by atoms with Gasteiger partial charge < -0.3 is 14.6 Å². The lowest BCUT2D eigenvalue weighted by Crippen LogP contribution is -2.25. The van der Waals surface area contributed by atoms with Gasteiger partial charge in [-0.1, -0.05) is 24.3 Å². The summed E-state index contributed by atoms with van der Waals surface area (Å²) in [5, 5.41) is 3.07. The highest BCUT2D eigenvalue weighted by Gasteiger charge is 2.18. The molecule has 1 N–H and O–H groups in total. The first-order valence-electron chi connectivity index (χ1n) is 10.2. The number of carbonyl (C=O) groups is 1. The lowest BCUT2D eigenvalue weighted by Gasteiger charge is -2.12. The second kappa shape index (κ2) is 9.46. The summed E-state index contributed by atoms with van der Waals surface area (Å²) in [5.41, 5.74) is 2.91. The Morgan fingerprint density at radius 3 is 2.90 bits per heavy atom. The zero-order valence-corrected chi connectivity index (χ0v) is 17.6. The van der Waals surface area contributed by atoms with Gasteiger partial charge in [0.05, 0.1) is 22.7 Å². The quantitative estimate of drug-likeness (QED) is 0.447. The fraction of sp³-hybridized carbons (Fsp3) is 0.391. The number of imidazole rings is 1. The Morgan fingerprint density at radius 1 is 1.24 bits per heavy atom. The van der Waals surface area contributed by atoms with Gasteiger partial charge in [-0.05, 0) is 43.5 Å². The largest absolute Gasteiger partial charge is 0.377 e. The average Bonchev–Trinajstić information content (AvgIpc) is 3.38. The van der Waals surface area contributed by atoms with Crippen LogP contribution in [0, 0.1) is 0 Å². The number of hydrogen-bond acceptors (Lipinski definition) is 4. The molecule has 4 rings (SSSR count). The predicted molar refractivity (Wildman–Crippen MR) is 118 cm³/mol. The summed E-state index contributed by atoms with van der Waals surface area (Å²) in [4.78, 5) is 18.4. The van der Waals surface area contributed by atoms with Crippen molar-refractivity contribution in [3.63, 3.8) is 0 Å². The van der Waals surface area contributed by atoms with Crippen molar-refractivity contribution >= 4 is 28.7 Å². The third-order valence-electron chi connectivity index (χ3n) is 5.32. The monoisotopic (exact) mass is 409 g/mol. The zero-order chi connectivity index (χ0) is 20.1. The Morgan fingerprint density at radius 2 is 2.07 bits per heavy atom. The fourth-order valence-corrected chi connectivity index (χ4v) is 4.82. The van der Waals surface area contributed by atoms with E-state index < -0.39 is 0 Å². The molecule has 3 aromatic rings. The summed E-state index contributed by atoms with van der Waals surface area (Å²) >= 11 is 1.71. The van der Waals surface area contributed by atoms with Crippen LogP contribution in [0.5, 0.6) is 0 Å². The highest BCUT2D eigenvalue weighted by Crippen LogP contribution is 2.26. The first-order chi connectivity index (χ1) is 14.2. The molecule has 1 aliphatic heterocycles. The molecule has 0 radical (unpaired) electrons. The molecule has 152 valence electrons. The molecule has 1 atom stereocenters. The maximum absolute atomic E-state index is 12.7. The van der Waals surface area contributed by atoms with E-state index in [4.69, 9.17) is 9.72 Å². The second-order valence-corrected chi connectivity index (χ2v) is 8.44. The van der Waals surface area contributed by atoms with Crippen LogP contribution < -0.4 is 5.32 Å². The molecule has 0 saturated carbocycles. The van der Waals surface area contributed by atoms with Crippen LogP contribution in [0.15, 0.2) is 53.4 Å². The SMILES string of the molecule is Cn1c(CCCNC(=O)c2ccccc2SCC2CCCO2)nc2ccccc21. The molecule has 2 aromatic carbocycles. The average molecular weight is 410 g/mol. The van der Waals surface area contributed by atoms with Crippen molar-refractivity contribution in [3.8, 4) is 0 Å². The molecule has 29 heavy (non-hydrogen) atoms. The van der Waals surface area contributed by atoms with Crippen LogP contribution in [-0.4, -0.2) is 40.5 Å². The van der Waals surface area contributed by atoms with Crippen molar-refractivity contribution in [2.75, 3.05) is 18.9 Å². The molecule has 6 heteroatoms. The van der Waals surface area contributed by atoms with Crippen molar-refractivity contribution in [2.24, 2.45) is 7.05 Å². The molecular weight excluding hydrogens is 382 g/mol.